The number of rotatable bonds is 2. The number of hydrogen-bond donors (Lipinski definition) is 0. The van der Waals surface area contributed by atoms with Gasteiger partial charge in [0.25, 0.3) is 0 Å². The molecule has 0 unspecified atom stereocenters. The molecule has 0 radical (unpaired) electrons. The predicted molar refractivity (Wildman–Crippen MR) is 69.1 cm³/mol. The molecule has 0 aliphatic heterocycles. The van der Waals surface area contributed by atoms with Gasteiger partial charge < -0.3 is 0 Å². The van der Waals surface area contributed by atoms with E-state index in [-0.39, 0.29) is 5.92 Å². The minimum absolute atomic E-state index is 0.236. The number of aromatic nitrogens is 1. The summed E-state index contributed by atoms with van der Waals surface area (Å²) < 4.78 is 0. The first-order valence-electron chi connectivity index (χ1n) is 6.74. The zero-order valence-corrected chi connectivity index (χ0v) is 10.6. The third kappa shape index (κ3) is 3.39. The Morgan fingerprint density at radius 3 is 2.35 bits per heavy atom. The topological polar surface area (TPSA) is 30.0 Å². The summed E-state index contributed by atoms with van der Waals surface area (Å²) in [6.07, 6.45) is 10.2. The summed E-state index contributed by atoms with van der Waals surface area (Å²) in [6, 6.07) is 3.85. The van der Waals surface area contributed by atoms with Crippen LogP contribution < -0.4 is 0 Å². The van der Waals surface area contributed by atoms with Crippen LogP contribution in [0.2, 0.25) is 0 Å². The molecule has 0 atom stereocenters. The average Bonchev–Trinajstić information content (AvgIpc) is 2.29. The van der Waals surface area contributed by atoms with Crippen LogP contribution in [0.5, 0.6) is 0 Å². The fraction of sp³-hybridized carbons (Fsp3) is 0.600. The van der Waals surface area contributed by atoms with Crippen molar-refractivity contribution in [2.75, 3.05) is 0 Å². The summed E-state index contributed by atoms with van der Waals surface area (Å²) in [5.41, 5.74) is 1.76. The second-order valence-electron chi connectivity index (χ2n) is 5.09. The van der Waals surface area contributed by atoms with Crippen LogP contribution >= 0.6 is 0 Å². The van der Waals surface area contributed by atoms with Gasteiger partial charge in [-0.3, -0.25) is 9.78 Å². The molecule has 1 aliphatic rings. The highest BCUT2D eigenvalue weighted by Crippen LogP contribution is 2.25. The number of pyridine rings is 1. The first-order chi connectivity index (χ1) is 8.27. The van der Waals surface area contributed by atoms with E-state index in [4.69, 9.17) is 0 Å². The van der Waals surface area contributed by atoms with Gasteiger partial charge >= 0.3 is 0 Å². The Morgan fingerprint density at radius 1 is 1.12 bits per heavy atom. The van der Waals surface area contributed by atoms with Crippen LogP contribution in [0, 0.1) is 12.8 Å². The van der Waals surface area contributed by atoms with Crippen LogP contribution in [0.3, 0.4) is 0 Å². The number of hydrogen-bond acceptors (Lipinski definition) is 2. The van der Waals surface area contributed by atoms with E-state index in [9.17, 15) is 4.79 Å². The Balaban J connectivity index is 2.04. The molecule has 1 aromatic rings. The van der Waals surface area contributed by atoms with E-state index in [1.54, 1.807) is 6.20 Å². The third-order valence-electron chi connectivity index (χ3n) is 3.67. The van der Waals surface area contributed by atoms with E-state index in [0.717, 1.165) is 24.1 Å². The van der Waals surface area contributed by atoms with Crippen LogP contribution in [-0.2, 0) is 0 Å². The normalized spacial score (nSPS) is 18.4. The summed E-state index contributed by atoms with van der Waals surface area (Å²) in [6.45, 7) is 1.95. The fourth-order valence-electron chi connectivity index (χ4n) is 2.57. The monoisotopic (exact) mass is 231 g/mol. The van der Waals surface area contributed by atoms with Crippen molar-refractivity contribution in [3.63, 3.8) is 0 Å². The van der Waals surface area contributed by atoms with Gasteiger partial charge in [-0.1, -0.05) is 32.1 Å². The average molecular weight is 231 g/mol. The van der Waals surface area contributed by atoms with Gasteiger partial charge in [-0.05, 0) is 31.9 Å². The quantitative estimate of drug-likeness (QED) is 0.722. The second kappa shape index (κ2) is 5.95. The summed E-state index contributed by atoms with van der Waals surface area (Å²) in [5.74, 6) is 0.541. The Kier molecular flexibility index (Phi) is 4.29. The van der Waals surface area contributed by atoms with Gasteiger partial charge in [0.1, 0.15) is 0 Å². The van der Waals surface area contributed by atoms with Gasteiger partial charge in [0, 0.05) is 23.4 Å². The number of ketones is 1. The molecule has 2 nitrogen and oxygen atoms in total. The number of carbonyl (C=O) groups is 1. The molecule has 0 saturated heterocycles. The van der Waals surface area contributed by atoms with Crippen molar-refractivity contribution in [2.24, 2.45) is 5.92 Å². The van der Waals surface area contributed by atoms with Gasteiger partial charge in [0.05, 0.1) is 0 Å². The van der Waals surface area contributed by atoms with Crippen molar-refractivity contribution in [3.8, 4) is 0 Å². The van der Waals surface area contributed by atoms with E-state index in [0.29, 0.717) is 5.78 Å². The van der Waals surface area contributed by atoms with Gasteiger partial charge in [-0.25, -0.2) is 0 Å². The summed E-state index contributed by atoms with van der Waals surface area (Å²) in [5, 5.41) is 0. The number of nitrogens with zero attached hydrogens (tertiary/aromatic N) is 1. The van der Waals surface area contributed by atoms with Crippen LogP contribution in [-0.4, -0.2) is 10.8 Å². The molecule has 1 aromatic heterocycles. The van der Waals surface area contributed by atoms with Crippen molar-refractivity contribution in [2.45, 2.75) is 51.9 Å². The highest BCUT2D eigenvalue weighted by atomic mass is 16.1. The van der Waals surface area contributed by atoms with E-state index in [2.05, 4.69) is 4.98 Å². The number of carbonyl (C=O) groups excluding carboxylic acids is 1. The molecular weight excluding hydrogens is 210 g/mol. The maximum atomic E-state index is 12.3. The van der Waals surface area contributed by atoms with Crippen LogP contribution in [0.25, 0.3) is 0 Å². The second-order valence-corrected chi connectivity index (χ2v) is 5.09. The highest BCUT2D eigenvalue weighted by molar-refractivity contribution is 5.97. The molecular formula is C15H21NO. The van der Waals surface area contributed by atoms with E-state index in [1.807, 2.05) is 19.1 Å². The third-order valence-corrected chi connectivity index (χ3v) is 3.67. The lowest BCUT2D eigenvalue weighted by atomic mass is 9.86. The molecule has 1 fully saturated rings. The van der Waals surface area contributed by atoms with Crippen LogP contribution in [0.4, 0.5) is 0 Å². The molecule has 92 valence electrons. The van der Waals surface area contributed by atoms with Crippen LogP contribution in [0.1, 0.15) is 61.0 Å². The van der Waals surface area contributed by atoms with Crippen molar-refractivity contribution in [1.29, 1.82) is 0 Å². The smallest absolute Gasteiger partial charge is 0.167 e. The molecule has 2 heteroatoms. The minimum atomic E-state index is 0.236. The SMILES string of the molecule is Cc1ccc(C(=O)C2CCCCCCC2)cn1. The molecule has 0 aromatic carbocycles. The zero-order valence-electron chi connectivity index (χ0n) is 10.6. The van der Waals surface area contributed by atoms with E-state index in [1.165, 1.54) is 32.1 Å². The lowest BCUT2D eigenvalue weighted by Crippen LogP contribution is -2.16. The molecule has 2 rings (SSSR count). The minimum Gasteiger partial charge on any atom is -0.294 e. The summed E-state index contributed by atoms with van der Waals surface area (Å²) >= 11 is 0. The van der Waals surface area contributed by atoms with Gasteiger partial charge in [-0.2, -0.15) is 0 Å². The molecule has 1 saturated carbocycles. The zero-order chi connectivity index (χ0) is 12.1. The lowest BCUT2D eigenvalue weighted by molar-refractivity contribution is 0.0898. The molecule has 1 heterocycles. The fourth-order valence-corrected chi connectivity index (χ4v) is 2.57. The first kappa shape index (κ1) is 12.3. The first-order valence-corrected chi connectivity index (χ1v) is 6.74. The van der Waals surface area contributed by atoms with E-state index < -0.39 is 0 Å². The molecule has 0 spiro atoms. The van der Waals surface area contributed by atoms with Gasteiger partial charge in [-0.15, -0.1) is 0 Å². The van der Waals surface area contributed by atoms with Crippen LogP contribution in [0.15, 0.2) is 18.3 Å². The molecule has 0 N–H and O–H groups in total. The van der Waals surface area contributed by atoms with Crippen molar-refractivity contribution < 1.29 is 4.79 Å². The maximum Gasteiger partial charge on any atom is 0.167 e. The maximum absolute atomic E-state index is 12.3. The highest BCUT2D eigenvalue weighted by Gasteiger charge is 2.20. The van der Waals surface area contributed by atoms with E-state index >= 15 is 0 Å². The summed E-state index contributed by atoms with van der Waals surface area (Å²) in [4.78, 5) is 16.6. The Bertz CT molecular complexity index is 361. The lowest BCUT2D eigenvalue weighted by Gasteiger charge is -2.18. The molecule has 0 bridgehead atoms. The molecule has 17 heavy (non-hydrogen) atoms. The largest absolute Gasteiger partial charge is 0.294 e. The summed E-state index contributed by atoms with van der Waals surface area (Å²) in [7, 11) is 0. The van der Waals surface area contributed by atoms with Crippen molar-refractivity contribution in [1.82, 2.24) is 4.98 Å². The Hall–Kier alpha value is -1.18. The van der Waals surface area contributed by atoms with Crippen molar-refractivity contribution >= 4 is 5.78 Å². The predicted octanol–water partition coefficient (Wildman–Crippen LogP) is 3.93. The Labute approximate surface area is 103 Å². The van der Waals surface area contributed by atoms with Gasteiger partial charge in [0.15, 0.2) is 5.78 Å². The number of aryl methyl sites for hydroxylation is 1. The number of Topliss-reactive ketones (excluding diaryl/α,β-unsaturated/α-hetero) is 1. The van der Waals surface area contributed by atoms with Gasteiger partial charge in [0.2, 0.25) is 0 Å². The standard InChI is InChI=1S/C15H21NO/c1-12-9-10-14(11-16-12)15(17)13-7-5-3-2-4-6-8-13/h9-11,13H,2-8H2,1H3. The molecule has 0 amide bonds. The Morgan fingerprint density at radius 2 is 1.76 bits per heavy atom. The van der Waals surface area contributed by atoms with Crippen molar-refractivity contribution in [3.05, 3.63) is 29.6 Å². The molecule has 1 aliphatic carbocycles.